The number of ether oxygens (including phenoxy) is 1. The highest BCUT2D eigenvalue weighted by Crippen LogP contribution is 2.44. The van der Waals surface area contributed by atoms with Gasteiger partial charge < -0.3 is 14.6 Å². The molecule has 0 saturated carbocycles. The number of nitrogens with one attached hydrogen (secondary N) is 2. The minimum absolute atomic E-state index is 0.0639. The molecule has 1 aromatic heterocycles. The number of benzene rings is 2. The standard InChI is InChI=1S/C28H31N5O5S/c1-27(2,3)38-26(35)31-39(36,37)33-12-10-32(11-13-33)18-7-9-19-21(15-18)28(4,5)25-23(24(19)34)20-8-6-17(16-29)14-22(20)30-25/h6-9,14-15,30H,10-13H2,1-5H3,(H,31,35). The summed E-state index contributed by atoms with van der Waals surface area (Å²) >= 11 is 0. The van der Waals surface area contributed by atoms with E-state index >= 15 is 0 Å². The second kappa shape index (κ2) is 9.10. The van der Waals surface area contributed by atoms with E-state index in [1.54, 1.807) is 32.9 Å². The molecule has 5 rings (SSSR count). The fraction of sp³-hybridized carbons (Fsp3) is 0.393. The van der Waals surface area contributed by atoms with Gasteiger partial charge in [-0.05, 0) is 56.7 Å². The Hall–Kier alpha value is -3.88. The number of ketones is 1. The van der Waals surface area contributed by atoms with Gasteiger partial charge in [-0.25, -0.2) is 9.52 Å². The minimum atomic E-state index is -4.04. The van der Waals surface area contributed by atoms with E-state index in [4.69, 9.17) is 4.74 Å². The highest BCUT2D eigenvalue weighted by atomic mass is 32.2. The molecule has 0 spiro atoms. The lowest BCUT2D eigenvalue weighted by Gasteiger charge is -2.37. The number of hydrogen-bond acceptors (Lipinski definition) is 7. The number of aromatic amines is 1. The van der Waals surface area contributed by atoms with E-state index in [9.17, 15) is 23.3 Å². The average Bonchev–Trinajstić information content (AvgIpc) is 3.26. The maximum absolute atomic E-state index is 13.6. The second-order valence-electron chi connectivity index (χ2n) is 11.4. The number of rotatable bonds is 3. The summed E-state index contributed by atoms with van der Waals surface area (Å²) in [4.78, 5) is 31.1. The van der Waals surface area contributed by atoms with Gasteiger partial charge in [-0.2, -0.15) is 18.0 Å². The van der Waals surface area contributed by atoms with Crippen molar-refractivity contribution >= 4 is 38.7 Å². The van der Waals surface area contributed by atoms with Crippen LogP contribution in [0, 0.1) is 11.3 Å². The molecule has 1 aliphatic heterocycles. The molecule has 0 bridgehead atoms. The lowest BCUT2D eigenvalue weighted by atomic mass is 9.71. The molecule has 10 nitrogen and oxygen atoms in total. The molecule has 1 fully saturated rings. The van der Waals surface area contributed by atoms with Crippen LogP contribution in [0.25, 0.3) is 10.9 Å². The van der Waals surface area contributed by atoms with Crippen molar-refractivity contribution in [3.63, 3.8) is 0 Å². The average molecular weight is 550 g/mol. The number of amides is 1. The lowest BCUT2D eigenvalue weighted by molar-refractivity contribution is 0.0566. The van der Waals surface area contributed by atoms with Crippen LogP contribution >= 0.6 is 0 Å². The van der Waals surface area contributed by atoms with Gasteiger partial charge in [0.1, 0.15) is 5.60 Å². The SMILES string of the molecule is CC(C)(C)OC(=O)NS(=O)(=O)N1CCN(c2ccc3c(c2)C(C)(C)c2[nH]c4cc(C#N)ccc4c2C3=O)CC1. The number of H-pyrrole nitrogens is 1. The molecule has 2 N–H and O–H groups in total. The van der Waals surface area contributed by atoms with E-state index < -0.39 is 27.3 Å². The summed E-state index contributed by atoms with van der Waals surface area (Å²) in [6, 6.07) is 13.2. The molecular formula is C28H31N5O5S. The summed E-state index contributed by atoms with van der Waals surface area (Å²) in [7, 11) is -4.04. The van der Waals surface area contributed by atoms with Crippen molar-refractivity contribution in [1.82, 2.24) is 14.0 Å². The Morgan fingerprint density at radius 3 is 2.44 bits per heavy atom. The predicted molar refractivity (Wildman–Crippen MR) is 147 cm³/mol. The van der Waals surface area contributed by atoms with Gasteiger partial charge >= 0.3 is 16.3 Å². The Bertz CT molecular complexity index is 1650. The smallest absolute Gasteiger partial charge is 0.422 e. The third kappa shape index (κ3) is 4.75. The van der Waals surface area contributed by atoms with Gasteiger partial charge in [-0.15, -0.1) is 0 Å². The summed E-state index contributed by atoms with van der Waals surface area (Å²) in [5, 5.41) is 10.1. The van der Waals surface area contributed by atoms with Crippen molar-refractivity contribution in [3.8, 4) is 6.07 Å². The topological polar surface area (TPSA) is 136 Å². The summed E-state index contributed by atoms with van der Waals surface area (Å²) < 4.78 is 33.7. The predicted octanol–water partition coefficient (Wildman–Crippen LogP) is 3.80. The van der Waals surface area contributed by atoms with Gasteiger partial charge in [0.05, 0.1) is 17.2 Å². The first-order valence-corrected chi connectivity index (χ1v) is 14.2. The summed E-state index contributed by atoms with van der Waals surface area (Å²) in [5.41, 5.74) is 3.80. The molecule has 39 heavy (non-hydrogen) atoms. The maximum Gasteiger partial charge on any atom is 0.422 e. The van der Waals surface area contributed by atoms with Gasteiger partial charge in [0.2, 0.25) is 0 Å². The van der Waals surface area contributed by atoms with Crippen molar-refractivity contribution < 1.29 is 22.7 Å². The molecule has 3 aromatic rings. The zero-order valence-corrected chi connectivity index (χ0v) is 23.4. The molecule has 0 radical (unpaired) electrons. The van der Waals surface area contributed by atoms with Crippen molar-refractivity contribution in [2.24, 2.45) is 0 Å². The van der Waals surface area contributed by atoms with Crippen LogP contribution in [0.2, 0.25) is 0 Å². The molecule has 1 amide bonds. The molecule has 1 saturated heterocycles. The van der Waals surface area contributed by atoms with Crippen LogP contribution in [-0.4, -0.2) is 61.4 Å². The molecule has 1 aliphatic carbocycles. The zero-order valence-electron chi connectivity index (χ0n) is 22.6. The van der Waals surface area contributed by atoms with Gasteiger partial charge in [-0.3, -0.25) is 4.79 Å². The first kappa shape index (κ1) is 26.7. The summed E-state index contributed by atoms with van der Waals surface area (Å²) in [6.07, 6.45) is -1.01. The fourth-order valence-electron chi connectivity index (χ4n) is 5.34. The fourth-order valence-corrected chi connectivity index (χ4v) is 6.37. The van der Waals surface area contributed by atoms with Crippen LogP contribution in [0.5, 0.6) is 0 Å². The van der Waals surface area contributed by atoms with Gasteiger partial charge in [0.15, 0.2) is 5.78 Å². The van der Waals surface area contributed by atoms with E-state index in [1.807, 2.05) is 29.0 Å². The Morgan fingerprint density at radius 1 is 1.10 bits per heavy atom. The molecule has 0 atom stereocenters. The van der Waals surface area contributed by atoms with Gasteiger partial charge in [-0.1, -0.05) is 19.9 Å². The molecular weight excluding hydrogens is 518 g/mol. The zero-order chi connectivity index (χ0) is 28.3. The largest absolute Gasteiger partial charge is 0.443 e. The molecule has 2 aromatic carbocycles. The summed E-state index contributed by atoms with van der Waals surface area (Å²) in [5.74, 6) is -0.0639. The van der Waals surface area contributed by atoms with Gasteiger partial charge in [0.25, 0.3) is 0 Å². The van der Waals surface area contributed by atoms with E-state index in [-0.39, 0.29) is 18.9 Å². The molecule has 2 aliphatic rings. The monoisotopic (exact) mass is 549 g/mol. The van der Waals surface area contributed by atoms with Gasteiger partial charge in [0, 0.05) is 59.4 Å². The highest BCUT2D eigenvalue weighted by Gasteiger charge is 2.40. The minimum Gasteiger partial charge on any atom is -0.443 e. The first-order valence-electron chi connectivity index (χ1n) is 12.7. The second-order valence-corrected chi connectivity index (χ2v) is 13.1. The van der Waals surface area contributed by atoms with E-state index in [0.29, 0.717) is 29.8 Å². The van der Waals surface area contributed by atoms with Crippen molar-refractivity contribution in [2.75, 3.05) is 31.1 Å². The van der Waals surface area contributed by atoms with E-state index in [1.165, 1.54) is 4.31 Å². The normalized spacial score (nSPS) is 17.3. The number of carbonyl (C=O) groups excluding carboxylic acids is 2. The number of nitrogens with zero attached hydrogens (tertiary/aromatic N) is 3. The summed E-state index contributed by atoms with van der Waals surface area (Å²) in [6.45, 7) is 10.3. The Labute approximate surface area is 227 Å². The lowest BCUT2D eigenvalue weighted by Crippen LogP contribution is -2.53. The number of anilines is 1. The van der Waals surface area contributed by atoms with Crippen LogP contribution < -0.4 is 9.62 Å². The van der Waals surface area contributed by atoms with Crippen LogP contribution in [-0.2, 0) is 20.4 Å². The highest BCUT2D eigenvalue weighted by molar-refractivity contribution is 7.87. The Kier molecular flexibility index (Phi) is 6.24. The van der Waals surface area contributed by atoms with Crippen LogP contribution in [0.15, 0.2) is 36.4 Å². The third-order valence-electron chi connectivity index (χ3n) is 7.26. The molecule has 204 valence electrons. The van der Waals surface area contributed by atoms with Crippen molar-refractivity contribution in [2.45, 2.75) is 45.6 Å². The number of nitriles is 1. The number of piperazine rings is 1. The van der Waals surface area contributed by atoms with Crippen molar-refractivity contribution in [3.05, 3.63) is 64.3 Å². The number of aromatic nitrogens is 1. The van der Waals surface area contributed by atoms with Crippen molar-refractivity contribution in [1.29, 1.82) is 5.26 Å². The maximum atomic E-state index is 13.6. The van der Waals surface area contributed by atoms with Crippen LogP contribution in [0.4, 0.5) is 10.5 Å². The Balaban J connectivity index is 1.37. The van der Waals surface area contributed by atoms with Crippen LogP contribution in [0.3, 0.4) is 0 Å². The quantitative estimate of drug-likeness (QED) is 0.507. The number of carbonyl (C=O) groups is 2. The third-order valence-corrected chi connectivity index (χ3v) is 8.73. The number of fused-ring (bicyclic) bond motifs is 4. The van der Waals surface area contributed by atoms with E-state index in [0.717, 1.165) is 27.8 Å². The molecule has 0 unspecified atom stereocenters. The van der Waals surface area contributed by atoms with E-state index in [2.05, 4.69) is 29.8 Å². The number of hydrogen-bond donors (Lipinski definition) is 2. The first-order chi connectivity index (χ1) is 18.2. The molecule has 11 heteroatoms. The molecule has 2 heterocycles. The van der Waals surface area contributed by atoms with Crippen LogP contribution in [0.1, 0.15) is 67.4 Å². The Morgan fingerprint density at radius 2 is 1.79 bits per heavy atom.